The lowest BCUT2D eigenvalue weighted by atomic mass is 10.4. The van der Waals surface area contributed by atoms with Crippen LogP contribution in [0.3, 0.4) is 0 Å². The molecule has 98 valence electrons. The Labute approximate surface area is 106 Å². The number of halogens is 4. The summed E-state index contributed by atoms with van der Waals surface area (Å²) in [4.78, 5) is 0. The quantitative estimate of drug-likeness (QED) is 0.751. The zero-order chi connectivity index (χ0) is 12.9. The van der Waals surface area contributed by atoms with Crippen LogP contribution in [0.25, 0.3) is 0 Å². The number of hydrogen-bond acceptors (Lipinski definition) is 2. The van der Waals surface area contributed by atoms with Crippen molar-refractivity contribution < 1.29 is 17.9 Å². The molecule has 0 radical (unpaired) electrons. The summed E-state index contributed by atoms with van der Waals surface area (Å²) in [6.07, 6.45) is -0.998. The van der Waals surface area contributed by atoms with Gasteiger partial charge in [0.2, 0.25) is 0 Å². The van der Waals surface area contributed by atoms with Gasteiger partial charge in [0.1, 0.15) is 12.2 Å². The van der Waals surface area contributed by atoms with Gasteiger partial charge in [-0.3, -0.25) is 4.68 Å². The first-order valence-electron chi connectivity index (χ1n) is 5.28. The van der Waals surface area contributed by atoms with Crippen molar-refractivity contribution in [3.8, 4) is 0 Å². The van der Waals surface area contributed by atoms with Crippen LogP contribution < -0.4 is 0 Å². The topological polar surface area (TPSA) is 27.1 Å². The summed E-state index contributed by atoms with van der Waals surface area (Å²) in [7, 11) is 0. The van der Waals surface area contributed by atoms with E-state index in [0.29, 0.717) is 16.8 Å². The van der Waals surface area contributed by atoms with E-state index < -0.39 is 12.7 Å². The highest BCUT2D eigenvalue weighted by atomic mass is 79.9. The molecule has 0 N–H and O–H groups in total. The molecule has 1 rings (SSSR count). The van der Waals surface area contributed by atoms with Gasteiger partial charge < -0.3 is 4.74 Å². The largest absolute Gasteiger partial charge is 0.408 e. The van der Waals surface area contributed by atoms with Gasteiger partial charge in [0.15, 0.2) is 0 Å². The molecule has 0 saturated carbocycles. The minimum atomic E-state index is -4.26. The zero-order valence-electron chi connectivity index (χ0n) is 9.43. The van der Waals surface area contributed by atoms with E-state index in [1.807, 2.05) is 6.92 Å². The van der Waals surface area contributed by atoms with Crippen LogP contribution in [0, 0.1) is 0 Å². The number of unbranched alkanes of at least 4 members (excludes halogenated alkanes) is 1. The fraction of sp³-hybridized carbons (Fsp3) is 0.700. The van der Waals surface area contributed by atoms with Gasteiger partial charge in [-0.2, -0.15) is 18.3 Å². The number of rotatable bonds is 6. The van der Waals surface area contributed by atoms with Crippen molar-refractivity contribution in [2.75, 3.05) is 6.61 Å². The van der Waals surface area contributed by atoms with Crippen LogP contribution in [-0.2, 0) is 17.9 Å². The molecule has 0 fully saturated rings. The van der Waals surface area contributed by atoms with Crippen molar-refractivity contribution in [3.63, 3.8) is 0 Å². The molecule has 1 heterocycles. The maximum absolute atomic E-state index is 12.1. The Hall–Kier alpha value is -0.560. The number of hydrogen-bond donors (Lipinski definition) is 0. The lowest BCUT2D eigenvalue weighted by Gasteiger charge is -2.05. The molecule has 0 spiro atoms. The van der Waals surface area contributed by atoms with E-state index in [0.717, 1.165) is 17.5 Å². The van der Waals surface area contributed by atoms with Gasteiger partial charge in [-0.05, 0) is 22.4 Å². The Morgan fingerprint density at radius 2 is 2.18 bits per heavy atom. The first kappa shape index (κ1) is 14.5. The highest BCUT2D eigenvalue weighted by Gasteiger charge is 2.28. The Balaban J connectivity index is 2.50. The monoisotopic (exact) mass is 314 g/mol. The van der Waals surface area contributed by atoms with Gasteiger partial charge >= 0.3 is 6.18 Å². The van der Waals surface area contributed by atoms with E-state index >= 15 is 0 Å². The standard InChI is InChI=1S/C10H14BrF3N2O/c1-2-3-4-17-6-9-8(11)5-16(15-9)7-10(12,13)14/h5H,2-4,6-7H2,1H3. The predicted octanol–water partition coefficient (Wildman–Crippen LogP) is 3.52. The normalized spacial score (nSPS) is 12.1. The number of ether oxygens (including phenoxy) is 1. The smallest absolute Gasteiger partial charge is 0.375 e. The lowest BCUT2D eigenvalue weighted by Crippen LogP contribution is -2.18. The second-order valence-electron chi connectivity index (χ2n) is 3.64. The van der Waals surface area contributed by atoms with E-state index in [-0.39, 0.29) is 6.61 Å². The Morgan fingerprint density at radius 1 is 1.47 bits per heavy atom. The summed E-state index contributed by atoms with van der Waals surface area (Å²) in [5.74, 6) is 0. The Bertz CT molecular complexity index is 352. The molecule has 0 amide bonds. The molecule has 0 aliphatic rings. The molecular formula is C10H14BrF3N2O. The van der Waals surface area contributed by atoms with Crippen LogP contribution in [0.15, 0.2) is 10.7 Å². The van der Waals surface area contributed by atoms with Crippen molar-refractivity contribution in [3.05, 3.63) is 16.4 Å². The second kappa shape index (κ2) is 6.39. The van der Waals surface area contributed by atoms with Crippen LogP contribution in [0.5, 0.6) is 0 Å². The summed E-state index contributed by atoms with van der Waals surface area (Å²) in [6.45, 7) is 1.78. The molecule has 7 heteroatoms. The molecule has 1 aromatic heterocycles. The van der Waals surface area contributed by atoms with Crippen LogP contribution >= 0.6 is 15.9 Å². The lowest BCUT2D eigenvalue weighted by molar-refractivity contribution is -0.142. The van der Waals surface area contributed by atoms with Crippen LogP contribution in [0.4, 0.5) is 13.2 Å². The number of aromatic nitrogens is 2. The predicted molar refractivity (Wildman–Crippen MR) is 60.5 cm³/mol. The highest BCUT2D eigenvalue weighted by Crippen LogP contribution is 2.21. The van der Waals surface area contributed by atoms with Crippen molar-refractivity contribution in [1.82, 2.24) is 9.78 Å². The third-order valence-corrected chi connectivity index (χ3v) is 2.67. The van der Waals surface area contributed by atoms with E-state index in [4.69, 9.17) is 4.74 Å². The van der Waals surface area contributed by atoms with E-state index in [1.54, 1.807) is 0 Å². The van der Waals surface area contributed by atoms with E-state index in [1.165, 1.54) is 6.20 Å². The molecule has 1 aromatic rings. The average molecular weight is 315 g/mol. The minimum Gasteiger partial charge on any atom is -0.375 e. The molecule has 0 aromatic carbocycles. The van der Waals surface area contributed by atoms with Crippen molar-refractivity contribution >= 4 is 15.9 Å². The summed E-state index contributed by atoms with van der Waals surface area (Å²) < 4.78 is 43.1. The minimum absolute atomic E-state index is 0.228. The molecule has 17 heavy (non-hydrogen) atoms. The van der Waals surface area contributed by atoms with Crippen molar-refractivity contribution in [1.29, 1.82) is 0 Å². The van der Waals surface area contributed by atoms with Crippen LogP contribution in [0.1, 0.15) is 25.5 Å². The maximum Gasteiger partial charge on any atom is 0.408 e. The first-order valence-corrected chi connectivity index (χ1v) is 6.08. The molecule has 0 saturated heterocycles. The van der Waals surface area contributed by atoms with Crippen molar-refractivity contribution in [2.24, 2.45) is 0 Å². The zero-order valence-corrected chi connectivity index (χ0v) is 11.0. The fourth-order valence-corrected chi connectivity index (χ4v) is 1.64. The number of nitrogens with zero attached hydrogens (tertiary/aromatic N) is 2. The van der Waals surface area contributed by atoms with Gasteiger partial charge in [0, 0.05) is 12.8 Å². The SMILES string of the molecule is CCCCOCc1nn(CC(F)(F)F)cc1Br. The van der Waals surface area contributed by atoms with Crippen LogP contribution in [-0.4, -0.2) is 22.6 Å². The van der Waals surface area contributed by atoms with Crippen molar-refractivity contribution in [2.45, 2.75) is 39.1 Å². The fourth-order valence-electron chi connectivity index (χ4n) is 1.21. The maximum atomic E-state index is 12.1. The summed E-state index contributed by atoms with van der Waals surface area (Å²) in [5.41, 5.74) is 0.491. The van der Waals surface area contributed by atoms with Gasteiger partial charge in [-0.25, -0.2) is 0 Å². The molecule has 3 nitrogen and oxygen atoms in total. The molecule has 0 unspecified atom stereocenters. The van der Waals surface area contributed by atoms with Gasteiger partial charge in [-0.1, -0.05) is 13.3 Å². The second-order valence-corrected chi connectivity index (χ2v) is 4.50. The van der Waals surface area contributed by atoms with E-state index in [9.17, 15) is 13.2 Å². The van der Waals surface area contributed by atoms with Gasteiger partial charge in [-0.15, -0.1) is 0 Å². The summed E-state index contributed by atoms with van der Waals surface area (Å²) >= 11 is 3.16. The summed E-state index contributed by atoms with van der Waals surface area (Å²) in [6, 6.07) is 0. The molecular weight excluding hydrogens is 301 g/mol. The van der Waals surface area contributed by atoms with Gasteiger partial charge in [0.25, 0.3) is 0 Å². The van der Waals surface area contributed by atoms with Gasteiger partial charge in [0.05, 0.1) is 11.1 Å². The molecule has 0 atom stereocenters. The summed E-state index contributed by atoms with van der Waals surface area (Å²) in [5, 5.41) is 3.82. The third-order valence-electron chi connectivity index (χ3n) is 2.01. The average Bonchev–Trinajstić information content (AvgIpc) is 2.51. The molecule has 0 aliphatic heterocycles. The molecule has 0 aliphatic carbocycles. The molecule has 0 bridgehead atoms. The third kappa shape index (κ3) is 5.54. The van der Waals surface area contributed by atoms with Crippen LogP contribution in [0.2, 0.25) is 0 Å². The Kier molecular flexibility index (Phi) is 5.45. The Morgan fingerprint density at radius 3 is 2.76 bits per heavy atom. The first-order chi connectivity index (χ1) is 7.92. The highest BCUT2D eigenvalue weighted by molar-refractivity contribution is 9.10. The number of alkyl halides is 3. The van der Waals surface area contributed by atoms with E-state index in [2.05, 4.69) is 21.0 Å².